The number of hydrogen-bond donors (Lipinski definition) is 1. The summed E-state index contributed by atoms with van der Waals surface area (Å²) in [5, 5.41) is 2.48. The fourth-order valence-corrected chi connectivity index (χ4v) is 3.12. The lowest BCUT2D eigenvalue weighted by Crippen LogP contribution is -2.55. The first kappa shape index (κ1) is 16.3. The van der Waals surface area contributed by atoms with Crippen molar-refractivity contribution in [3.05, 3.63) is 34.6 Å². The average Bonchev–Trinajstić information content (AvgIpc) is 2.70. The number of benzene rings is 1. The Kier molecular flexibility index (Phi) is 3.55. The highest BCUT2D eigenvalue weighted by molar-refractivity contribution is 6.24. The molecule has 6 nitrogen and oxygen atoms in total. The van der Waals surface area contributed by atoms with E-state index in [1.807, 2.05) is 20.8 Å². The molecule has 1 aromatic rings. The minimum atomic E-state index is -1.05. The van der Waals surface area contributed by atoms with Crippen molar-refractivity contribution < 1.29 is 23.6 Å². The highest BCUT2D eigenvalue weighted by Gasteiger charge is 2.46. The molecule has 0 bridgehead atoms. The largest absolute Gasteiger partial charge is 0.353 e. The van der Waals surface area contributed by atoms with E-state index >= 15 is 0 Å². The molecule has 1 N–H and O–H groups in total. The summed E-state index contributed by atoms with van der Waals surface area (Å²) in [6.07, 6.45) is -0.376. The number of fused-ring (bicyclic) bond motifs is 1. The standard InChI is InChI=1S/C17H17FN2O4/c1-17(2,3)10-5-8(18)4-9-14(10)16(24)20(15(9)23)11-7-19-13(22)6-12(11)21/h4-5,11H,6-7H2,1-3H3,(H,19,22). The topological polar surface area (TPSA) is 83.6 Å². The summed E-state index contributed by atoms with van der Waals surface area (Å²) in [6.45, 7) is 5.33. The first-order valence-electron chi connectivity index (χ1n) is 7.62. The van der Waals surface area contributed by atoms with Crippen LogP contribution in [-0.2, 0) is 15.0 Å². The molecule has 1 unspecified atom stereocenters. The molecule has 7 heteroatoms. The van der Waals surface area contributed by atoms with Gasteiger partial charge in [0.05, 0.1) is 17.5 Å². The molecule has 1 saturated heterocycles. The quantitative estimate of drug-likeness (QED) is 0.618. The van der Waals surface area contributed by atoms with Crippen LogP contribution in [0.5, 0.6) is 0 Å². The maximum atomic E-state index is 13.9. The lowest BCUT2D eigenvalue weighted by atomic mass is 9.82. The number of hydrogen-bond acceptors (Lipinski definition) is 4. The summed E-state index contributed by atoms with van der Waals surface area (Å²) >= 11 is 0. The van der Waals surface area contributed by atoms with Gasteiger partial charge in [0, 0.05) is 6.54 Å². The van der Waals surface area contributed by atoms with Crippen LogP contribution in [0.25, 0.3) is 0 Å². The second-order valence-electron chi connectivity index (χ2n) is 7.07. The molecule has 0 spiro atoms. The van der Waals surface area contributed by atoms with Crippen molar-refractivity contribution in [2.75, 3.05) is 6.54 Å². The van der Waals surface area contributed by atoms with Gasteiger partial charge in [-0.3, -0.25) is 24.1 Å². The first-order chi connectivity index (χ1) is 11.1. The normalized spacial score (nSPS) is 21.2. The zero-order chi connectivity index (χ0) is 17.8. The van der Waals surface area contributed by atoms with Gasteiger partial charge >= 0.3 is 0 Å². The Hall–Kier alpha value is -2.57. The van der Waals surface area contributed by atoms with Crippen molar-refractivity contribution in [2.24, 2.45) is 0 Å². The van der Waals surface area contributed by atoms with Crippen LogP contribution in [0.15, 0.2) is 12.1 Å². The van der Waals surface area contributed by atoms with E-state index in [0.29, 0.717) is 5.56 Å². The third-order valence-corrected chi connectivity index (χ3v) is 4.30. The molecule has 126 valence electrons. The number of nitrogens with one attached hydrogen (secondary N) is 1. The van der Waals surface area contributed by atoms with Crippen LogP contribution >= 0.6 is 0 Å². The minimum Gasteiger partial charge on any atom is -0.353 e. The summed E-state index contributed by atoms with van der Waals surface area (Å²) in [5.74, 6) is -2.85. The summed E-state index contributed by atoms with van der Waals surface area (Å²) in [4.78, 5) is 49.7. The van der Waals surface area contributed by atoms with Crippen LogP contribution in [-0.4, -0.2) is 41.0 Å². The van der Waals surface area contributed by atoms with E-state index in [4.69, 9.17) is 0 Å². The van der Waals surface area contributed by atoms with Crippen molar-refractivity contribution in [1.82, 2.24) is 10.2 Å². The van der Waals surface area contributed by atoms with Gasteiger partial charge in [-0.15, -0.1) is 0 Å². The summed E-state index contributed by atoms with van der Waals surface area (Å²) < 4.78 is 13.9. The van der Waals surface area contributed by atoms with E-state index in [2.05, 4.69) is 5.32 Å². The van der Waals surface area contributed by atoms with E-state index in [-0.39, 0.29) is 24.1 Å². The number of halogens is 1. The van der Waals surface area contributed by atoms with Crippen molar-refractivity contribution in [2.45, 2.75) is 38.6 Å². The zero-order valence-corrected chi connectivity index (χ0v) is 13.6. The number of Topliss-reactive ketones (excluding diaryl/α,β-unsaturated/α-hetero) is 1. The van der Waals surface area contributed by atoms with Gasteiger partial charge in [-0.25, -0.2) is 4.39 Å². The minimum absolute atomic E-state index is 0.0328. The number of carbonyl (C=O) groups excluding carboxylic acids is 4. The van der Waals surface area contributed by atoms with Crippen LogP contribution in [0, 0.1) is 5.82 Å². The van der Waals surface area contributed by atoms with Gasteiger partial charge in [0.25, 0.3) is 11.8 Å². The van der Waals surface area contributed by atoms with Crippen molar-refractivity contribution >= 4 is 23.5 Å². The Balaban J connectivity index is 2.09. The predicted octanol–water partition coefficient (Wildman–Crippen LogP) is 1.18. The molecule has 24 heavy (non-hydrogen) atoms. The number of ketones is 1. The monoisotopic (exact) mass is 332 g/mol. The number of amides is 3. The number of imide groups is 1. The molecule has 0 aliphatic carbocycles. The highest BCUT2D eigenvalue weighted by Crippen LogP contribution is 2.35. The SMILES string of the molecule is CC(C)(C)c1cc(F)cc2c1C(=O)N(C1CNC(=O)CC1=O)C2=O. The van der Waals surface area contributed by atoms with E-state index < -0.39 is 40.8 Å². The van der Waals surface area contributed by atoms with Crippen LogP contribution in [0.2, 0.25) is 0 Å². The molecular formula is C17H17FN2O4. The summed E-state index contributed by atoms with van der Waals surface area (Å²) in [6, 6.07) is 1.22. The smallest absolute Gasteiger partial charge is 0.262 e. The van der Waals surface area contributed by atoms with Gasteiger partial charge in [-0.2, -0.15) is 0 Å². The molecule has 3 rings (SSSR count). The number of rotatable bonds is 1. The van der Waals surface area contributed by atoms with E-state index in [1.54, 1.807) is 0 Å². The van der Waals surface area contributed by atoms with Crippen LogP contribution < -0.4 is 5.32 Å². The molecule has 2 aliphatic heterocycles. The van der Waals surface area contributed by atoms with Gasteiger partial charge in [-0.05, 0) is 23.1 Å². The first-order valence-corrected chi connectivity index (χ1v) is 7.62. The van der Waals surface area contributed by atoms with Crippen molar-refractivity contribution in [3.63, 3.8) is 0 Å². The Labute approximate surface area is 138 Å². The van der Waals surface area contributed by atoms with Gasteiger partial charge in [0.2, 0.25) is 5.91 Å². The average molecular weight is 332 g/mol. The Bertz CT molecular complexity index is 795. The second-order valence-corrected chi connectivity index (χ2v) is 7.07. The maximum Gasteiger partial charge on any atom is 0.262 e. The fourth-order valence-electron chi connectivity index (χ4n) is 3.12. The summed E-state index contributed by atoms with van der Waals surface area (Å²) in [5.41, 5.74) is -0.0259. The Morgan fingerprint density at radius 3 is 2.38 bits per heavy atom. The molecule has 1 aromatic carbocycles. The predicted molar refractivity (Wildman–Crippen MR) is 82.0 cm³/mol. The lowest BCUT2D eigenvalue weighted by Gasteiger charge is -2.28. The van der Waals surface area contributed by atoms with Gasteiger partial charge < -0.3 is 5.32 Å². The number of carbonyl (C=O) groups is 4. The van der Waals surface area contributed by atoms with Gasteiger partial charge in [-0.1, -0.05) is 20.8 Å². The zero-order valence-electron chi connectivity index (χ0n) is 13.6. The Morgan fingerprint density at radius 1 is 1.12 bits per heavy atom. The molecule has 0 radical (unpaired) electrons. The highest BCUT2D eigenvalue weighted by atomic mass is 19.1. The lowest BCUT2D eigenvalue weighted by molar-refractivity contribution is -0.133. The molecule has 1 atom stereocenters. The van der Waals surface area contributed by atoms with Gasteiger partial charge in [0.15, 0.2) is 5.78 Å². The second kappa shape index (κ2) is 5.22. The maximum absolute atomic E-state index is 13.9. The van der Waals surface area contributed by atoms with Crippen LogP contribution in [0.4, 0.5) is 4.39 Å². The van der Waals surface area contributed by atoms with Crippen molar-refractivity contribution in [1.29, 1.82) is 0 Å². The number of piperidine rings is 1. The van der Waals surface area contributed by atoms with E-state index in [1.165, 1.54) is 6.07 Å². The third-order valence-electron chi connectivity index (χ3n) is 4.30. The molecule has 0 aromatic heterocycles. The molecule has 0 saturated carbocycles. The molecule has 2 heterocycles. The Morgan fingerprint density at radius 2 is 1.79 bits per heavy atom. The fraction of sp³-hybridized carbons (Fsp3) is 0.412. The van der Waals surface area contributed by atoms with Crippen molar-refractivity contribution in [3.8, 4) is 0 Å². The molecule has 1 fully saturated rings. The number of nitrogens with zero attached hydrogens (tertiary/aromatic N) is 1. The third kappa shape index (κ3) is 2.40. The summed E-state index contributed by atoms with van der Waals surface area (Å²) in [7, 11) is 0. The van der Waals surface area contributed by atoms with E-state index in [0.717, 1.165) is 11.0 Å². The van der Waals surface area contributed by atoms with E-state index in [9.17, 15) is 23.6 Å². The molecular weight excluding hydrogens is 315 g/mol. The van der Waals surface area contributed by atoms with Crippen LogP contribution in [0.1, 0.15) is 53.5 Å². The molecule has 3 amide bonds. The van der Waals surface area contributed by atoms with Crippen LogP contribution in [0.3, 0.4) is 0 Å². The van der Waals surface area contributed by atoms with Gasteiger partial charge in [0.1, 0.15) is 11.9 Å². The molecule has 2 aliphatic rings.